The molecule has 1 rings (SSSR count). The molecular weight excluding hydrogens is 203 g/mol. The van der Waals surface area contributed by atoms with Crippen LogP contribution in [0.1, 0.15) is 29.7 Å². The summed E-state index contributed by atoms with van der Waals surface area (Å²) in [5.74, 6) is 0. The number of aryl methyl sites for hydroxylation is 1. The monoisotopic (exact) mass is 217 g/mol. The zero-order valence-electron chi connectivity index (χ0n) is 8.94. The average molecular weight is 217 g/mol. The maximum atomic E-state index is 12.5. The molecule has 0 radical (unpaired) electrons. The van der Waals surface area contributed by atoms with Crippen LogP contribution in [0.3, 0.4) is 0 Å². The van der Waals surface area contributed by atoms with Gasteiger partial charge >= 0.3 is 6.18 Å². The van der Waals surface area contributed by atoms with E-state index in [0.29, 0.717) is 11.1 Å². The SMILES string of the molecule is CN[C@H](C)c1cc(C)cc(C(F)(F)F)c1. The molecule has 0 bridgehead atoms. The maximum absolute atomic E-state index is 12.5. The second-order valence-electron chi connectivity index (χ2n) is 3.64. The van der Waals surface area contributed by atoms with Gasteiger partial charge in [0.2, 0.25) is 0 Å². The molecule has 0 spiro atoms. The third-order valence-electron chi connectivity index (χ3n) is 2.36. The second-order valence-corrected chi connectivity index (χ2v) is 3.64. The third kappa shape index (κ3) is 2.96. The van der Waals surface area contributed by atoms with Gasteiger partial charge < -0.3 is 5.32 Å². The summed E-state index contributed by atoms with van der Waals surface area (Å²) in [6.45, 7) is 3.50. The predicted octanol–water partition coefficient (Wildman–Crippen LogP) is 3.29. The maximum Gasteiger partial charge on any atom is 0.416 e. The van der Waals surface area contributed by atoms with E-state index in [2.05, 4.69) is 5.32 Å². The van der Waals surface area contributed by atoms with E-state index in [1.165, 1.54) is 6.07 Å². The molecule has 0 fully saturated rings. The van der Waals surface area contributed by atoms with Crippen molar-refractivity contribution in [1.29, 1.82) is 0 Å². The van der Waals surface area contributed by atoms with Crippen LogP contribution in [0.5, 0.6) is 0 Å². The molecule has 0 saturated carbocycles. The van der Waals surface area contributed by atoms with Crippen LogP contribution in [0.25, 0.3) is 0 Å². The quantitative estimate of drug-likeness (QED) is 0.801. The Balaban J connectivity index is 3.17. The van der Waals surface area contributed by atoms with Gasteiger partial charge in [-0.25, -0.2) is 0 Å². The molecule has 84 valence electrons. The van der Waals surface area contributed by atoms with Gasteiger partial charge in [0, 0.05) is 6.04 Å². The summed E-state index contributed by atoms with van der Waals surface area (Å²) in [7, 11) is 1.72. The standard InChI is InChI=1S/C11H14F3N/c1-7-4-9(8(2)15-3)6-10(5-7)11(12,13)14/h4-6,8,15H,1-3H3/t8-/m1/s1. The van der Waals surface area contributed by atoms with Crippen LogP contribution in [-0.4, -0.2) is 7.05 Å². The molecule has 0 unspecified atom stereocenters. The number of nitrogens with one attached hydrogen (secondary N) is 1. The molecule has 1 aromatic carbocycles. The minimum atomic E-state index is -4.27. The summed E-state index contributed by atoms with van der Waals surface area (Å²) in [6.07, 6.45) is -4.27. The third-order valence-corrected chi connectivity index (χ3v) is 2.36. The first-order valence-electron chi connectivity index (χ1n) is 4.70. The zero-order chi connectivity index (χ0) is 11.6. The van der Waals surface area contributed by atoms with E-state index in [1.807, 2.05) is 6.92 Å². The first-order chi connectivity index (χ1) is 6.84. The molecule has 0 aliphatic carbocycles. The van der Waals surface area contributed by atoms with Gasteiger partial charge in [-0.15, -0.1) is 0 Å². The molecule has 0 amide bonds. The summed E-state index contributed by atoms with van der Waals surface area (Å²) in [5, 5.41) is 2.92. The van der Waals surface area contributed by atoms with Gasteiger partial charge in [0.15, 0.2) is 0 Å². The van der Waals surface area contributed by atoms with Crippen LogP contribution < -0.4 is 5.32 Å². The van der Waals surface area contributed by atoms with E-state index in [4.69, 9.17) is 0 Å². The summed E-state index contributed by atoms with van der Waals surface area (Å²) in [6, 6.07) is 4.03. The Labute approximate surface area is 87.3 Å². The van der Waals surface area contributed by atoms with E-state index in [0.717, 1.165) is 6.07 Å². The highest BCUT2D eigenvalue weighted by molar-refractivity contribution is 5.32. The van der Waals surface area contributed by atoms with Crippen molar-refractivity contribution in [2.75, 3.05) is 7.05 Å². The number of hydrogen-bond acceptors (Lipinski definition) is 1. The first-order valence-corrected chi connectivity index (χ1v) is 4.70. The van der Waals surface area contributed by atoms with Crippen LogP contribution in [0.15, 0.2) is 18.2 Å². The number of rotatable bonds is 2. The van der Waals surface area contributed by atoms with Crippen molar-refractivity contribution in [3.05, 3.63) is 34.9 Å². The van der Waals surface area contributed by atoms with E-state index in [9.17, 15) is 13.2 Å². The normalized spacial score (nSPS) is 14.0. The summed E-state index contributed by atoms with van der Waals surface area (Å²) in [5.41, 5.74) is 0.700. The molecule has 0 saturated heterocycles. The Morgan fingerprint density at radius 3 is 2.27 bits per heavy atom. The van der Waals surface area contributed by atoms with Crippen molar-refractivity contribution >= 4 is 0 Å². The predicted molar refractivity (Wildman–Crippen MR) is 53.7 cm³/mol. The summed E-state index contributed by atoms with van der Waals surface area (Å²) < 4.78 is 37.5. The Hall–Kier alpha value is -1.03. The molecule has 1 N–H and O–H groups in total. The minimum Gasteiger partial charge on any atom is -0.313 e. The Morgan fingerprint density at radius 1 is 1.20 bits per heavy atom. The fourth-order valence-electron chi connectivity index (χ4n) is 1.39. The lowest BCUT2D eigenvalue weighted by Gasteiger charge is -2.15. The van der Waals surface area contributed by atoms with Gasteiger partial charge in [0.1, 0.15) is 0 Å². The van der Waals surface area contributed by atoms with E-state index >= 15 is 0 Å². The van der Waals surface area contributed by atoms with E-state index in [1.54, 1.807) is 20.0 Å². The van der Waals surface area contributed by atoms with Gasteiger partial charge in [-0.3, -0.25) is 0 Å². The molecule has 1 aromatic rings. The highest BCUT2D eigenvalue weighted by atomic mass is 19.4. The molecular formula is C11H14F3N. The second kappa shape index (κ2) is 4.23. The first kappa shape index (κ1) is 12.0. The molecule has 1 atom stereocenters. The van der Waals surface area contributed by atoms with Crippen LogP contribution >= 0.6 is 0 Å². The molecule has 0 heterocycles. The van der Waals surface area contributed by atoms with Crippen LogP contribution in [0.2, 0.25) is 0 Å². The Kier molecular flexibility index (Phi) is 3.39. The van der Waals surface area contributed by atoms with Crippen molar-refractivity contribution in [3.8, 4) is 0 Å². The largest absolute Gasteiger partial charge is 0.416 e. The number of halogens is 3. The lowest BCUT2D eigenvalue weighted by atomic mass is 10.0. The van der Waals surface area contributed by atoms with Crippen molar-refractivity contribution in [3.63, 3.8) is 0 Å². The number of benzene rings is 1. The highest BCUT2D eigenvalue weighted by Crippen LogP contribution is 2.31. The Morgan fingerprint density at radius 2 is 1.80 bits per heavy atom. The van der Waals surface area contributed by atoms with Gasteiger partial charge in [0.25, 0.3) is 0 Å². The molecule has 15 heavy (non-hydrogen) atoms. The fraction of sp³-hybridized carbons (Fsp3) is 0.455. The van der Waals surface area contributed by atoms with Gasteiger partial charge in [0.05, 0.1) is 5.56 Å². The van der Waals surface area contributed by atoms with Crippen LogP contribution in [0, 0.1) is 6.92 Å². The lowest BCUT2D eigenvalue weighted by molar-refractivity contribution is -0.137. The number of alkyl halides is 3. The Bertz CT molecular complexity index is 344. The lowest BCUT2D eigenvalue weighted by Crippen LogP contribution is -2.14. The summed E-state index contributed by atoms with van der Waals surface area (Å²) in [4.78, 5) is 0. The summed E-state index contributed by atoms with van der Waals surface area (Å²) >= 11 is 0. The van der Waals surface area contributed by atoms with Gasteiger partial charge in [-0.1, -0.05) is 11.6 Å². The molecule has 1 nitrogen and oxygen atoms in total. The van der Waals surface area contributed by atoms with Gasteiger partial charge in [-0.05, 0) is 38.6 Å². The smallest absolute Gasteiger partial charge is 0.313 e. The van der Waals surface area contributed by atoms with Crippen molar-refractivity contribution in [2.24, 2.45) is 0 Å². The van der Waals surface area contributed by atoms with E-state index < -0.39 is 11.7 Å². The zero-order valence-corrected chi connectivity index (χ0v) is 8.94. The average Bonchev–Trinajstić information content (AvgIpc) is 2.14. The molecule has 0 aliphatic heterocycles. The highest BCUT2D eigenvalue weighted by Gasteiger charge is 2.31. The molecule has 4 heteroatoms. The van der Waals surface area contributed by atoms with Crippen LogP contribution in [0.4, 0.5) is 13.2 Å². The van der Waals surface area contributed by atoms with Crippen molar-refractivity contribution < 1.29 is 13.2 Å². The number of hydrogen-bond donors (Lipinski definition) is 1. The van der Waals surface area contributed by atoms with Crippen molar-refractivity contribution in [2.45, 2.75) is 26.1 Å². The van der Waals surface area contributed by atoms with Crippen molar-refractivity contribution in [1.82, 2.24) is 5.32 Å². The molecule has 0 aliphatic rings. The van der Waals surface area contributed by atoms with E-state index in [-0.39, 0.29) is 6.04 Å². The van der Waals surface area contributed by atoms with Crippen LogP contribution in [-0.2, 0) is 6.18 Å². The topological polar surface area (TPSA) is 12.0 Å². The molecule has 0 aromatic heterocycles. The van der Waals surface area contributed by atoms with Gasteiger partial charge in [-0.2, -0.15) is 13.2 Å². The fourth-order valence-corrected chi connectivity index (χ4v) is 1.39. The minimum absolute atomic E-state index is 0.0778.